The zero-order valence-corrected chi connectivity index (χ0v) is 12.4. The lowest BCUT2D eigenvalue weighted by Crippen LogP contribution is -2.37. The van der Waals surface area contributed by atoms with Gasteiger partial charge in [-0.3, -0.25) is 9.89 Å². The third kappa shape index (κ3) is 5.58. The molecule has 7 heteroatoms. The number of amides is 1. The van der Waals surface area contributed by atoms with Crippen LogP contribution in [0.15, 0.2) is 6.20 Å². The molecule has 7 nitrogen and oxygen atoms in total. The molecule has 0 aliphatic rings. The van der Waals surface area contributed by atoms with E-state index in [0.717, 1.165) is 19.4 Å². The zero-order valence-electron chi connectivity index (χ0n) is 12.4. The van der Waals surface area contributed by atoms with Gasteiger partial charge in [-0.1, -0.05) is 6.92 Å². The largest absolute Gasteiger partial charge is 0.374 e. The van der Waals surface area contributed by atoms with Crippen molar-refractivity contribution in [3.8, 4) is 0 Å². The first-order valence-corrected chi connectivity index (χ1v) is 6.97. The van der Waals surface area contributed by atoms with Crippen molar-refractivity contribution in [2.45, 2.75) is 45.4 Å². The fourth-order valence-corrected chi connectivity index (χ4v) is 1.93. The standard InChI is InChI=1S/C13H25N5O2/c1-4-10(5-6-14-3)17-13(20)7-11-12(8-15-18-11)16-9(2)19/h8-10,14,16,19H,4-7H2,1-3H3,(H,15,18)(H,17,20). The molecular weight excluding hydrogens is 258 g/mol. The molecule has 1 rings (SSSR count). The molecular formula is C13H25N5O2. The Kier molecular flexibility index (Phi) is 7.03. The first-order valence-electron chi connectivity index (χ1n) is 6.97. The second-order valence-electron chi connectivity index (χ2n) is 4.82. The predicted octanol–water partition coefficient (Wildman–Crippen LogP) is 0.207. The lowest BCUT2D eigenvalue weighted by atomic mass is 10.1. The molecule has 0 aliphatic heterocycles. The minimum absolute atomic E-state index is 0.0501. The summed E-state index contributed by atoms with van der Waals surface area (Å²) in [6.45, 7) is 4.54. The molecule has 0 fully saturated rings. The van der Waals surface area contributed by atoms with Gasteiger partial charge in [0.2, 0.25) is 5.91 Å². The Morgan fingerprint density at radius 3 is 2.90 bits per heavy atom. The van der Waals surface area contributed by atoms with Crippen LogP contribution < -0.4 is 16.0 Å². The summed E-state index contributed by atoms with van der Waals surface area (Å²) in [4.78, 5) is 12.0. The third-order valence-corrected chi connectivity index (χ3v) is 3.02. The summed E-state index contributed by atoms with van der Waals surface area (Å²) in [5, 5.41) is 24.9. The lowest BCUT2D eigenvalue weighted by molar-refractivity contribution is -0.121. The second kappa shape index (κ2) is 8.55. The number of aliphatic hydroxyl groups excluding tert-OH is 1. The number of nitrogens with zero attached hydrogens (tertiary/aromatic N) is 1. The summed E-state index contributed by atoms with van der Waals surface area (Å²) in [6.07, 6.45) is 2.89. The van der Waals surface area contributed by atoms with E-state index in [0.29, 0.717) is 11.4 Å². The molecule has 0 spiro atoms. The summed E-state index contributed by atoms with van der Waals surface area (Å²) in [5.74, 6) is -0.0501. The van der Waals surface area contributed by atoms with Gasteiger partial charge in [0.1, 0.15) is 6.23 Å². The average Bonchev–Trinajstić information content (AvgIpc) is 2.80. The molecule has 1 amide bonds. The summed E-state index contributed by atoms with van der Waals surface area (Å²) < 4.78 is 0. The van der Waals surface area contributed by atoms with E-state index in [2.05, 4.69) is 33.1 Å². The highest BCUT2D eigenvalue weighted by atomic mass is 16.3. The number of aromatic amines is 1. The van der Waals surface area contributed by atoms with E-state index < -0.39 is 6.23 Å². The molecule has 1 aromatic rings. The average molecular weight is 283 g/mol. The molecule has 0 saturated carbocycles. The number of carbonyl (C=O) groups excluding carboxylic acids is 1. The first-order chi connectivity index (χ1) is 9.56. The number of rotatable bonds is 9. The Labute approximate surface area is 119 Å². The van der Waals surface area contributed by atoms with Crippen molar-refractivity contribution in [2.75, 3.05) is 18.9 Å². The van der Waals surface area contributed by atoms with Crippen LogP contribution >= 0.6 is 0 Å². The van der Waals surface area contributed by atoms with Crippen molar-refractivity contribution in [3.63, 3.8) is 0 Å². The van der Waals surface area contributed by atoms with E-state index in [1.807, 2.05) is 7.05 Å². The highest BCUT2D eigenvalue weighted by Gasteiger charge is 2.14. The van der Waals surface area contributed by atoms with Crippen LogP contribution in [0.5, 0.6) is 0 Å². The maximum atomic E-state index is 12.0. The van der Waals surface area contributed by atoms with Crippen LogP contribution in [-0.4, -0.2) is 47.1 Å². The maximum Gasteiger partial charge on any atom is 0.226 e. The van der Waals surface area contributed by atoms with Crippen molar-refractivity contribution in [2.24, 2.45) is 0 Å². The number of hydrogen-bond acceptors (Lipinski definition) is 5. The van der Waals surface area contributed by atoms with E-state index in [1.54, 1.807) is 13.1 Å². The Morgan fingerprint density at radius 1 is 1.55 bits per heavy atom. The number of nitrogens with one attached hydrogen (secondary N) is 4. The van der Waals surface area contributed by atoms with E-state index in [-0.39, 0.29) is 18.4 Å². The second-order valence-corrected chi connectivity index (χ2v) is 4.82. The van der Waals surface area contributed by atoms with Gasteiger partial charge in [-0.2, -0.15) is 5.10 Å². The first kappa shape index (κ1) is 16.5. The highest BCUT2D eigenvalue weighted by molar-refractivity contribution is 5.80. The topological polar surface area (TPSA) is 102 Å². The van der Waals surface area contributed by atoms with Crippen molar-refractivity contribution in [3.05, 3.63) is 11.9 Å². The van der Waals surface area contributed by atoms with Gasteiger partial charge >= 0.3 is 0 Å². The molecule has 5 N–H and O–H groups in total. The Bertz CT molecular complexity index is 405. The summed E-state index contributed by atoms with van der Waals surface area (Å²) in [6, 6.07) is 0.172. The molecule has 2 unspecified atom stereocenters. The number of aliphatic hydroxyl groups is 1. The molecule has 0 radical (unpaired) electrons. The monoisotopic (exact) mass is 283 g/mol. The van der Waals surface area contributed by atoms with Crippen LogP contribution in [0.3, 0.4) is 0 Å². The van der Waals surface area contributed by atoms with E-state index in [9.17, 15) is 9.90 Å². The predicted molar refractivity (Wildman–Crippen MR) is 78.4 cm³/mol. The maximum absolute atomic E-state index is 12.0. The Hall–Kier alpha value is -1.60. The van der Waals surface area contributed by atoms with Gasteiger partial charge in [-0.15, -0.1) is 0 Å². The summed E-state index contributed by atoms with van der Waals surface area (Å²) in [5.41, 5.74) is 1.32. The zero-order chi connectivity index (χ0) is 15.0. The normalized spacial score (nSPS) is 13.8. The van der Waals surface area contributed by atoms with Crippen LogP contribution in [-0.2, 0) is 11.2 Å². The summed E-state index contributed by atoms with van der Waals surface area (Å²) in [7, 11) is 1.90. The highest BCUT2D eigenvalue weighted by Crippen LogP contribution is 2.13. The fourth-order valence-electron chi connectivity index (χ4n) is 1.93. The Balaban J connectivity index is 2.51. The van der Waals surface area contributed by atoms with E-state index in [1.165, 1.54) is 0 Å². The van der Waals surface area contributed by atoms with Crippen molar-refractivity contribution >= 4 is 11.6 Å². The third-order valence-electron chi connectivity index (χ3n) is 3.02. The van der Waals surface area contributed by atoms with Gasteiger partial charge in [-0.25, -0.2) is 0 Å². The lowest BCUT2D eigenvalue weighted by Gasteiger charge is -2.17. The van der Waals surface area contributed by atoms with Gasteiger partial charge in [0, 0.05) is 6.04 Å². The van der Waals surface area contributed by atoms with Gasteiger partial charge in [0.05, 0.1) is 24.0 Å². The number of hydrogen-bond donors (Lipinski definition) is 5. The van der Waals surface area contributed by atoms with Gasteiger partial charge in [0.25, 0.3) is 0 Å². The molecule has 2 atom stereocenters. The van der Waals surface area contributed by atoms with Gasteiger partial charge in [-0.05, 0) is 33.4 Å². The van der Waals surface area contributed by atoms with E-state index in [4.69, 9.17) is 0 Å². The molecule has 0 saturated heterocycles. The molecule has 1 aromatic heterocycles. The smallest absolute Gasteiger partial charge is 0.226 e. The minimum atomic E-state index is -0.687. The molecule has 0 bridgehead atoms. The number of anilines is 1. The van der Waals surface area contributed by atoms with E-state index >= 15 is 0 Å². The molecule has 20 heavy (non-hydrogen) atoms. The Morgan fingerprint density at radius 2 is 2.30 bits per heavy atom. The number of carbonyl (C=O) groups is 1. The van der Waals surface area contributed by atoms with Crippen LogP contribution in [0.2, 0.25) is 0 Å². The quantitative estimate of drug-likeness (QED) is 0.417. The van der Waals surface area contributed by atoms with Crippen molar-refractivity contribution in [1.29, 1.82) is 0 Å². The minimum Gasteiger partial charge on any atom is -0.374 e. The van der Waals surface area contributed by atoms with Gasteiger partial charge in [0.15, 0.2) is 0 Å². The van der Waals surface area contributed by atoms with Gasteiger partial charge < -0.3 is 21.1 Å². The number of aromatic nitrogens is 2. The molecule has 0 aliphatic carbocycles. The summed E-state index contributed by atoms with van der Waals surface area (Å²) >= 11 is 0. The van der Waals surface area contributed by atoms with Crippen LogP contribution in [0.4, 0.5) is 5.69 Å². The van der Waals surface area contributed by atoms with Crippen LogP contribution in [0.25, 0.3) is 0 Å². The molecule has 114 valence electrons. The van der Waals surface area contributed by atoms with Crippen LogP contribution in [0.1, 0.15) is 32.4 Å². The number of H-pyrrole nitrogens is 1. The SMILES string of the molecule is CCC(CCNC)NC(=O)Cc1[nH]ncc1NC(C)O. The van der Waals surface area contributed by atoms with Crippen molar-refractivity contribution in [1.82, 2.24) is 20.8 Å². The molecule has 1 heterocycles. The molecule has 0 aromatic carbocycles. The van der Waals surface area contributed by atoms with Crippen LogP contribution in [0, 0.1) is 0 Å². The fraction of sp³-hybridized carbons (Fsp3) is 0.692. The van der Waals surface area contributed by atoms with Crippen molar-refractivity contribution < 1.29 is 9.90 Å².